The van der Waals surface area contributed by atoms with Crippen LogP contribution in [0.5, 0.6) is 11.5 Å². The van der Waals surface area contributed by atoms with Crippen LogP contribution in [0, 0.1) is 0 Å². The molecule has 0 heterocycles. The predicted octanol–water partition coefficient (Wildman–Crippen LogP) is 8.63. The van der Waals surface area contributed by atoms with Crippen LogP contribution in [0.4, 0.5) is 0 Å². The molecule has 0 unspecified atom stereocenters. The third-order valence-corrected chi connectivity index (χ3v) is 9.34. The number of carbonyl (C=O) groups is 2. The number of esters is 2. The number of ether oxygens (including phenoxy) is 2. The summed E-state index contributed by atoms with van der Waals surface area (Å²) in [5.41, 5.74) is 6.71. The maximum absolute atomic E-state index is 13.1. The molecule has 0 spiro atoms. The fourth-order valence-electron chi connectivity index (χ4n) is 6.40. The molecule has 1 aliphatic rings. The van der Waals surface area contributed by atoms with Crippen LogP contribution in [0.3, 0.4) is 0 Å². The first-order chi connectivity index (χ1) is 21.4. The van der Waals surface area contributed by atoms with Gasteiger partial charge in [-0.3, -0.25) is 0 Å². The number of benzene rings is 4. The molecule has 0 radical (unpaired) electrons. The van der Waals surface area contributed by atoms with Gasteiger partial charge in [0.2, 0.25) is 0 Å². The molecule has 234 valence electrons. The van der Waals surface area contributed by atoms with Crippen molar-refractivity contribution in [2.45, 2.75) is 71.6 Å². The van der Waals surface area contributed by atoms with Crippen molar-refractivity contribution in [3.8, 4) is 22.6 Å². The second kappa shape index (κ2) is 12.1. The number of phenols is 2. The lowest BCUT2D eigenvalue weighted by atomic mass is 9.66. The van der Waals surface area contributed by atoms with Gasteiger partial charge in [-0.25, -0.2) is 9.59 Å². The van der Waals surface area contributed by atoms with Crippen molar-refractivity contribution in [2.24, 2.45) is 0 Å². The molecule has 0 aliphatic heterocycles. The van der Waals surface area contributed by atoms with Crippen molar-refractivity contribution >= 4 is 11.9 Å². The van der Waals surface area contributed by atoms with Crippen molar-refractivity contribution in [3.63, 3.8) is 0 Å². The predicted molar refractivity (Wildman–Crippen MR) is 176 cm³/mol. The molecule has 0 atom stereocenters. The van der Waals surface area contributed by atoms with E-state index in [4.69, 9.17) is 9.47 Å². The van der Waals surface area contributed by atoms with Crippen molar-refractivity contribution in [3.05, 3.63) is 117 Å². The Balaban J connectivity index is 1.98. The average molecular weight is 607 g/mol. The first-order valence-corrected chi connectivity index (χ1v) is 15.7. The number of phenolic OH excluding ortho intramolecular Hbond substituents is 2. The van der Waals surface area contributed by atoms with Crippen molar-refractivity contribution in [1.29, 1.82) is 0 Å². The summed E-state index contributed by atoms with van der Waals surface area (Å²) < 4.78 is 10.7. The van der Waals surface area contributed by atoms with E-state index in [-0.39, 0.29) is 47.2 Å². The van der Waals surface area contributed by atoms with Crippen molar-refractivity contribution < 1.29 is 29.3 Å². The SMILES string of the molecule is CCOC(=O)c1cc(C2(c3ccc(O)c(C(=O)OCC)c3)c3cc(C(C)C)ccc3-c3ccc(C(C)(C)CC)cc32)ccc1O. The molecular weight excluding hydrogens is 564 g/mol. The van der Waals surface area contributed by atoms with E-state index < -0.39 is 17.4 Å². The molecule has 2 N–H and O–H groups in total. The minimum Gasteiger partial charge on any atom is -0.507 e. The molecule has 6 nitrogen and oxygen atoms in total. The van der Waals surface area contributed by atoms with Crippen LogP contribution < -0.4 is 0 Å². The lowest BCUT2D eigenvalue weighted by molar-refractivity contribution is 0.0513. The third kappa shape index (κ3) is 5.26. The number of carbonyl (C=O) groups excluding carboxylic acids is 2. The summed E-state index contributed by atoms with van der Waals surface area (Å²) in [6, 6.07) is 23.2. The zero-order valence-electron chi connectivity index (χ0n) is 27.2. The van der Waals surface area contributed by atoms with Crippen LogP contribution >= 0.6 is 0 Å². The number of rotatable bonds is 9. The molecule has 0 amide bonds. The molecule has 0 saturated carbocycles. The molecule has 5 rings (SSSR count). The zero-order chi connectivity index (χ0) is 32.7. The van der Waals surface area contributed by atoms with E-state index in [0.29, 0.717) is 0 Å². The Bertz CT molecular complexity index is 1710. The van der Waals surface area contributed by atoms with Gasteiger partial charge in [-0.2, -0.15) is 0 Å². The van der Waals surface area contributed by atoms with Gasteiger partial charge in [-0.15, -0.1) is 0 Å². The second-order valence-corrected chi connectivity index (χ2v) is 12.6. The van der Waals surface area contributed by atoms with Gasteiger partial charge in [0.05, 0.1) is 18.6 Å². The second-order valence-electron chi connectivity index (χ2n) is 12.6. The van der Waals surface area contributed by atoms with E-state index in [1.807, 2.05) is 12.1 Å². The fraction of sp³-hybridized carbons (Fsp3) is 0.333. The molecular formula is C39H42O6. The lowest BCUT2D eigenvalue weighted by Crippen LogP contribution is -2.30. The highest BCUT2D eigenvalue weighted by Gasteiger charge is 2.48. The first kappa shape index (κ1) is 31.8. The summed E-state index contributed by atoms with van der Waals surface area (Å²) in [4.78, 5) is 26.2. The Labute approximate surface area is 265 Å². The molecule has 1 aliphatic carbocycles. The standard InChI is InChI=1S/C39H42O6/c1-8-38(6,7)25-12-16-29-28-15-11-24(23(4)5)19-32(28)39(33(29)22-25,26-13-17-34(40)30(20-26)36(42)44-9-2)27-14-18-35(41)31(21-27)37(43)45-10-3/h11-23,40-41H,8-10H2,1-7H3. The van der Waals surface area contributed by atoms with Gasteiger partial charge in [0.15, 0.2) is 0 Å². The van der Waals surface area contributed by atoms with E-state index in [1.165, 1.54) is 12.1 Å². The molecule has 4 aromatic rings. The number of hydrogen-bond acceptors (Lipinski definition) is 6. The average Bonchev–Trinajstić information content (AvgIpc) is 3.31. The van der Waals surface area contributed by atoms with Crippen LogP contribution in [-0.4, -0.2) is 35.4 Å². The summed E-state index contributed by atoms with van der Waals surface area (Å²) in [5, 5.41) is 21.7. The monoisotopic (exact) mass is 606 g/mol. The topological polar surface area (TPSA) is 93.1 Å². The molecule has 0 aromatic heterocycles. The smallest absolute Gasteiger partial charge is 0.341 e. The number of aromatic hydroxyl groups is 2. The maximum Gasteiger partial charge on any atom is 0.341 e. The van der Waals surface area contributed by atoms with Gasteiger partial charge in [-0.05, 0) is 100 Å². The highest BCUT2D eigenvalue weighted by atomic mass is 16.5. The highest BCUT2D eigenvalue weighted by molar-refractivity contribution is 5.95. The Morgan fingerprint density at radius 3 is 1.67 bits per heavy atom. The largest absolute Gasteiger partial charge is 0.507 e. The van der Waals surface area contributed by atoms with Crippen molar-refractivity contribution in [1.82, 2.24) is 0 Å². The molecule has 4 aromatic carbocycles. The van der Waals surface area contributed by atoms with Gasteiger partial charge >= 0.3 is 11.9 Å². The van der Waals surface area contributed by atoms with Gasteiger partial charge in [0.25, 0.3) is 0 Å². The molecule has 0 fully saturated rings. The van der Waals surface area contributed by atoms with Gasteiger partial charge in [0, 0.05) is 0 Å². The Kier molecular flexibility index (Phi) is 8.54. The molecule has 6 heteroatoms. The summed E-state index contributed by atoms with van der Waals surface area (Å²) >= 11 is 0. The zero-order valence-corrected chi connectivity index (χ0v) is 27.2. The van der Waals surface area contributed by atoms with E-state index >= 15 is 0 Å². The van der Waals surface area contributed by atoms with Gasteiger partial charge < -0.3 is 19.7 Å². The quantitative estimate of drug-likeness (QED) is 0.163. The van der Waals surface area contributed by atoms with Crippen LogP contribution in [-0.2, 0) is 20.3 Å². The van der Waals surface area contributed by atoms with E-state index in [2.05, 4.69) is 71.0 Å². The van der Waals surface area contributed by atoms with Crippen LogP contribution in [0.2, 0.25) is 0 Å². The molecule has 0 bridgehead atoms. The normalized spacial score (nSPS) is 13.3. The number of hydrogen-bond donors (Lipinski definition) is 2. The Morgan fingerprint density at radius 2 is 1.20 bits per heavy atom. The lowest BCUT2D eigenvalue weighted by Gasteiger charge is -2.36. The Morgan fingerprint density at radius 1 is 0.711 bits per heavy atom. The minimum atomic E-state index is -1.03. The molecule has 45 heavy (non-hydrogen) atoms. The number of fused-ring (bicyclic) bond motifs is 3. The fourth-order valence-corrected chi connectivity index (χ4v) is 6.40. The Hall–Kier alpha value is -4.58. The van der Waals surface area contributed by atoms with Gasteiger partial charge in [0.1, 0.15) is 22.6 Å². The first-order valence-electron chi connectivity index (χ1n) is 15.7. The minimum absolute atomic E-state index is 0.0539. The van der Waals surface area contributed by atoms with E-state index in [1.54, 1.807) is 26.0 Å². The van der Waals surface area contributed by atoms with Crippen LogP contribution in [0.25, 0.3) is 11.1 Å². The summed E-state index contributed by atoms with van der Waals surface area (Å²) in [6.07, 6.45) is 0.918. The summed E-state index contributed by atoms with van der Waals surface area (Å²) in [7, 11) is 0. The van der Waals surface area contributed by atoms with Crippen LogP contribution in [0.1, 0.15) is 115 Å². The maximum atomic E-state index is 13.1. The van der Waals surface area contributed by atoms with Gasteiger partial charge in [-0.1, -0.05) is 83.1 Å². The molecule has 0 saturated heterocycles. The van der Waals surface area contributed by atoms with E-state index in [0.717, 1.165) is 50.9 Å². The third-order valence-electron chi connectivity index (χ3n) is 9.34. The highest BCUT2D eigenvalue weighted by Crippen LogP contribution is 2.58. The van der Waals surface area contributed by atoms with Crippen LogP contribution in [0.15, 0.2) is 72.8 Å². The summed E-state index contributed by atoms with van der Waals surface area (Å²) in [6.45, 7) is 14.7. The summed E-state index contributed by atoms with van der Waals surface area (Å²) in [5.74, 6) is -1.38. The van der Waals surface area contributed by atoms with Crippen molar-refractivity contribution in [2.75, 3.05) is 13.2 Å². The van der Waals surface area contributed by atoms with E-state index in [9.17, 15) is 19.8 Å².